The number of halogens is 4. The molecule has 9 heteroatoms. The predicted octanol–water partition coefficient (Wildman–Crippen LogP) is 3.78. The summed E-state index contributed by atoms with van der Waals surface area (Å²) in [4.78, 5) is 26.2. The zero-order valence-electron chi connectivity index (χ0n) is 15.9. The maximum Gasteiger partial charge on any atom is 0.573 e. The minimum absolute atomic E-state index is 0.132. The number of hydrogen-bond acceptors (Lipinski definition) is 3. The van der Waals surface area contributed by atoms with Crippen molar-refractivity contribution in [3.8, 4) is 5.75 Å². The number of amides is 2. The van der Waals surface area contributed by atoms with E-state index < -0.39 is 18.1 Å². The fraction of sp³-hybridized carbons (Fsp3) is 0.333. The van der Waals surface area contributed by atoms with Gasteiger partial charge in [-0.15, -0.1) is 13.2 Å². The highest BCUT2D eigenvalue weighted by molar-refractivity contribution is 5.83. The minimum Gasteiger partial charge on any atom is -0.405 e. The maximum atomic E-state index is 13.4. The molecule has 2 aromatic carbocycles. The Bertz CT molecular complexity index is 917. The standard InChI is InChI=1S/C21H20F4N2O3/c22-17-6-3-4-14(10-17)12-27-13-16(8-9-19(27)28)20(29)26-11-15-5-1-2-7-18(15)30-21(23,24)25/h1-7,10,16H,8-9,11-13H2,(H,26,29)/t16-/m1/s1. The van der Waals surface area contributed by atoms with Crippen LogP contribution in [-0.2, 0) is 22.7 Å². The van der Waals surface area contributed by atoms with E-state index in [-0.39, 0.29) is 49.2 Å². The summed E-state index contributed by atoms with van der Waals surface area (Å²) in [5, 5.41) is 2.62. The molecule has 1 N–H and O–H groups in total. The van der Waals surface area contributed by atoms with Gasteiger partial charge in [0.1, 0.15) is 11.6 Å². The Morgan fingerprint density at radius 3 is 2.67 bits per heavy atom. The van der Waals surface area contributed by atoms with Crippen molar-refractivity contribution in [2.24, 2.45) is 5.92 Å². The number of rotatable bonds is 6. The molecule has 160 valence electrons. The van der Waals surface area contributed by atoms with Crippen LogP contribution in [0, 0.1) is 11.7 Å². The van der Waals surface area contributed by atoms with Gasteiger partial charge in [0, 0.05) is 31.6 Å². The van der Waals surface area contributed by atoms with Gasteiger partial charge in [-0.25, -0.2) is 4.39 Å². The topological polar surface area (TPSA) is 58.6 Å². The molecule has 1 aliphatic heterocycles. The van der Waals surface area contributed by atoms with Crippen LogP contribution in [0.25, 0.3) is 0 Å². The van der Waals surface area contributed by atoms with Crippen LogP contribution in [0.1, 0.15) is 24.0 Å². The van der Waals surface area contributed by atoms with Crippen LogP contribution >= 0.6 is 0 Å². The fourth-order valence-corrected chi connectivity index (χ4v) is 3.34. The Kier molecular flexibility index (Phi) is 6.59. The first kappa shape index (κ1) is 21.6. The molecule has 1 heterocycles. The molecule has 0 aromatic heterocycles. The van der Waals surface area contributed by atoms with Gasteiger partial charge in [-0.2, -0.15) is 0 Å². The first-order chi connectivity index (χ1) is 14.2. The predicted molar refractivity (Wildman–Crippen MR) is 99.5 cm³/mol. The number of nitrogens with zero attached hydrogens (tertiary/aromatic N) is 1. The van der Waals surface area contributed by atoms with Crippen LogP contribution in [0.2, 0.25) is 0 Å². The van der Waals surface area contributed by atoms with E-state index in [0.29, 0.717) is 12.0 Å². The molecule has 3 rings (SSSR count). The Morgan fingerprint density at radius 2 is 1.93 bits per heavy atom. The van der Waals surface area contributed by atoms with Gasteiger partial charge >= 0.3 is 6.36 Å². The van der Waals surface area contributed by atoms with Gasteiger partial charge in [-0.3, -0.25) is 9.59 Å². The number of alkyl halides is 3. The Balaban J connectivity index is 1.60. The fourth-order valence-electron chi connectivity index (χ4n) is 3.34. The van der Waals surface area contributed by atoms with Gasteiger partial charge in [-0.05, 0) is 30.2 Å². The Hall–Kier alpha value is -3.10. The van der Waals surface area contributed by atoms with Crippen LogP contribution in [-0.4, -0.2) is 29.6 Å². The molecule has 0 bridgehead atoms. The Morgan fingerprint density at radius 1 is 1.17 bits per heavy atom. The van der Waals surface area contributed by atoms with Crippen LogP contribution < -0.4 is 10.1 Å². The van der Waals surface area contributed by atoms with Gasteiger partial charge in [0.15, 0.2) is 0 Å². The van der Waals surface area contributed by atoms with Crippen molar-refractivity contribution in [2.45, 2.75) is 32.3 Å². The molecule has 0 aliphatic carbocycles. The van der Waals surface area contributed by atoms with Crippen molar-refractivity contribution in [3.05, 3.63) is 65.5 Å². The maximum absolute atomic E-state index is 13.4. The quantitative estimate of drug-likeness (QED) is 0.719. The summed E-state index contributed by atoms with van der Waals surface area (Å²) in [6, 6.07) is 11.4. The molecule has 0 radical (unpaired) electrons. The average Bonchev–Trinajstić information content (AvgIpc) is 2.67. The lowest BCUT2D eigenvalue weighted by Gasteiger charge is -2.32. The van der Waals surface area contributed by atoms with Crippen molar-refractivity contribution in [2.75, 3.05) is 6.54 Å². The third-order valence-corrected chi connectivity index (χ3v) is 4.78. The summed E-state index contributed by atoms with van der Waals surface area (Å²) >= 11 is 0. The van der Waals surface area contributed by atoms with Gasteiger partial charge in [0.2, 0.25) is 11.8 Å². The monoisotopic (exact) mass is 424 g/mol. The van der Waals surface area contributed by atoms with E-state index in [2.05, 4.69) is 10.1 Å². The third-order valence-electron chi connectivity index (χ3n) is 4.78. The molecule has 1 atom stereocenters. The van der Waals surface area contributed by atoms with Crippen molar-refractivity contribution in [1.82, 2.24) is 10.2 Å². The van der Waals surface area contributed by atoms with Crippen LogP contribution in [0.15, 0.2) is 48.5 Å². The molecular weight excluding hydrogens is 404 g/mol. The van der Waals surface area contributed by atoms with Crippen molar-refractivity contribution >= 4 is 11.8 Å². The molecule has 5 nitrogen and oxygen atoms in total. The highest BCUT2D eigenvalue weighted by Gasteiger charge is 2.33. The number of piperidine rings is 1. The van der Waals surface area contributed by atoms with E-state index in [4.69, 9.17) is 0 Å². The second-order valence-electron chi connectivity index (χ2n) is 7.01. The molecular formula is C21H20F4N2O3. The van der Waals surface area contributed by atoms with E-state index in [1.165, 1.54) is 35.2 Å². The molecule has 0 spiro atoms. The SMILES string of the molecule is O=C(NCc1ccccc1OC(F)(F)F)[C@@H]1CCC(=O)N(Cc2cccc(F)c2)C1. The summed E-state index contributed by atoms with van der Waals surface area (Å²) < 4.78 is 54.9. The van der Waals surface area contributed by atoms with Crippen molar-refractivity contribution in [3.63, 3.8) is 0 Å². The minimum atomic E-state index is -4.83. The van der Waals surface area contributed by atoms with E-state index >= 15 is 0 Å². The van der Waals surface area contributed by atoms with E-state index in [9.17, 15) is 27.2 Å². The molecule has 1 fully saturated rings. The van der Waals surface area contributed by atoms with Gasteiger partial charge < -0.3 is 15.0 Å². The molecule has 2 aromatic rings. The molecule has 30 heavy (non-hydrogen) atoms. The second kappa shape index (κ2) is 9.15. The van der Waals surface area contributed by atoms with Crippen LogP contribution in [0.5, 0.6) is 5.75 Å². The Labute approximate surface area is 170 Å². The van der Waals surface area contributed by atoms with Crippen molar-refractivity contribution in [1.29, 1.82) is 0 Å². The van der Waals surface area contributed by atoms with E-state index in [1.807, 2.05) is 0 Å². The summed E-state index contributed by atoms with van der Waals surface area (Å²) in [5.41, 5.74) is 0.800. The molecule has 0 saturated carbocycles. The lowest BCUT2D eigenvalue weighted by atomic mass is 9.96. The number of likely N-dealkylation sites (tertiary alicyclic amines) is 1. The average molecular weight is 424 g/mol. The zero-order valence-corrected chi connectivity index (χ0v) is 15.9. The lowest BCUT2D eigenvalue weighted by molar-refractivity contribution is -0.274. The van der Waals surface area contributed by atoms with Gasteiger partial charge in [0.05, 0.1) is 5.92 Å². The van der Waals surface area contributed by atoms with Crippen molar-refractivity contribution < 1.29 is 31.9 Å². The summed E-state index contributed by atoms with van der Waals surface area (Å²) in [5.74, 6) is -1.80. The van der Waals surface area contributed by atoms with E-state index in [0.717, 1.165) is 0 Å². The lowest BCUT2D eigenvalue weighted by Crippen LogP contribution is -2.45. The summed E-state index contributed by atoms with van der Waals surface area (Å²) in [6.07, 6.45) is -4.33. The molecule has 1 aliphatic rings. The number of ether oxygens (including phenoxy) is 1. The second-order valence-corrected chi connectivity index (χ2v) is 7.01. The molecule has 1 saturated heterocycles. The highest BCUT2D eigenvalue weighted by atomic mass is 19.4. The number of benzene rings is 2. The number of para-hydroxylation sites is 1. The number of hydrogen-bond donors (Lipinski definition) is 1. The largest absolute Gasteiger partial charge is 0.573 e. The van der Waals surface area contributed by atoms with Gasteiger partial charge in [-0.1, -0.05) is 30.3 Å². The number of carbonyl (C=O) groups is 2. The van der Waals surface area contributed by atoms with Crippen LogP contribution in [0.4, 0.5) is 17.6 Å². The first-order valence-corrected chi connectivity index (χ1v) is 9.35. The normalized spacial score (nSPS) is 17.0. The smallest absolute Gasteiger partial charge is 0.405 e. The van der Waals surface area contributed by atoms with Crippen LogP contribution in [0.3, 0.4) is 0 Å². The number of carbonyl (C=O) groups excluding carboxylic acids is 2. The summed E-state index contributed by atoms with van der Waals surface area (Å²) in [6.45, 7) is 0.198. The molecule has 2 amide bonds. The van der Waals surface area contributed by atoms with Gasteiger partial charge in [0.25, 0.3) is 0 Å². The molecule has 0 unspecified atom stereocenters. The third kappa shape index (κ3) is 5.95. The number of nitrogens with one attached hydrogen (secondary N) is 1. The first-order valence-electron chi connectivity index (χ1n) is 9.35. The summed E-state index contributed by atoms with van der Waals surface area (Å²) in [7, 11) is 0. The highest BCUT2D eigenvalue weighted by Crippen LogP contribution is 2.26. The van der Waals surface area contributed by atoms with E-state index in [1.54, 1.807) is 18.2 Å². The zero-order chi connectivity index (χ0) is 21.7.